The first-order valence-corrected chi connectivity index (χ1v) is 11.0. The van der Waals surface area contributed by atoms with Gasteiger partial charge in [-0.2, -0.15) is 0 Å². The monoisotopic (exact) mass is 428 g/mol. The van der Waals surface area contributed by atoms with E-state index in [9.17, 15) is 14.0 Å². The second-order valence-electron chi connectivity index (χ2n) is 7.63. The minimum Gasteiger partial charge on any atom is -0.494 e. The lowest BCUT2D eigenvalue weighted by Gasteiger charge is -2.30. The molecule has 2 aromatic rings. The largest absolute Gasteiger partial charge is 0.494 e. The Bertz CT molecular complexity index is 822. The summed E-state index contributed by atoms with van der Waals surface area (Å²) in [7, 11) is 0. The molecule has 0 heterocycles. The highest BCUT2D eigenvalue weighted by Crippen LogP contribution is 2.16. The van der Waals surface area contributed by atoms with Crippen LogP contribution in [0.25, 0.3) is 0 Å². The van der Waals surface area contributed by atoms with Gasteiger partial charge in [-0.3, -0.25) is 9.59 Å². The lowest BCUT2D eigenvalue weighted by molar-refractivity contribution is -0.141. The highest BCUT2D eigenvalue weighted by Gasteiger charge is 2.28. The number of benzene rings is 2. The summed E-state index contributed by atoms with van der Waals surface area (Å²) in [5, 5.41) is 2.89. The van der Waals surface area contributed by atoms with Gasteiger partial charge in [-0.05, 0) is 56.0 Å². The van der Waals surface area contributed by atoms with E-state index < -0.39 is 6.04 Å². The highest BCUT2D eigenvalue weighted by molar-refractivity contribution is 5.87. The third-order valence-electron chi connectivity index (χ3n) is 5.03. The number of nitrogens with zero attached hydrogens (tertiary/aromatic N) is 1. The smallest absolute Gasteiger partial charge is 0.242 e. The maximum absolute atomic E-state index is 13.3. The van der Waals surface area contributed by atoms with E-state index >= 15 is 0 Å². The van der Waals surface area contributed by atoms with Crippen LogP contribution in [0.15, 0.2) is 48.5 Å². The zero-order chi connectivity index (χ0) is 22.6. The van der Waals surface area contributed by atoms with E-state index in [0.717, 1.165) is 23.3 Å². The van der Waals surface area contributed by atoms with Crippen LogP contribution in [-0.2, 0) is 16.1 Å². The fourth-order valence-corrected chi connectivity index (χ4v) is 3.26. The van der Waals surface area contributed by atoms with Gasteiger partial charge in [0.15, 0.2) is 0 Å². The second kappa shape index (κ2) is 12.7. The van der Waals surface area contributed by atoms with E-state index in [1.807, 2.05) is 45.0 Å². The third-order valence-corrected chi connectivity index (χ3v) is 5.03. The van der Waals surface area contributed by atoms with Gasteiger partial charge in [-0.1, -0.05) is 43.7 Å². The number of hydrogen-bond donors (Lipinski definition) is 1. The molecule has 2 aromatic carbocycles. The SMILES string of the molecule is CCCNC(=O)[C@@H](CC)N(Cc1ccc(F)cc1)C(=O)CCCOc1ccc(C)cc1. The molecular weight excluding hydrogens is 395 g/mol. The van der Waals surface area contributed by atoms with Crippen LogP contribution in [0.5, 0.6) is 5.75 Å². The Hall–Kier alpha value is -2.89. The van der Waals surface area contributed by atoms with Crippen molar-refractivity contribution in [2.45, 2.75) is 59.0 Å². The van der Waals surface area contributed by atoms with Crippen LogP contribution in [0.4, 0.5) is 4.39 Å². The molecule has 6 heteroatoms. The predicted octanol–water partition coefficient (Wildman–Crippen LogP) is 4.63. The average molecular weight is 429 g/mol. The van der Waals surface area contributed by atoms with Crippen molar-refractivity contribution in [2.24, 2.45) is 0 Å². The molecule has 1 atom stereocenters. The molecule has 0 saturated heterocycles. The topological polar surface area (TPSA) is 58.6 Å². The van der Waals surface area contributed by atoms with Crippen LogP contribution in [-0.4, -0.2) is 35.9 Å². The standard InChI is InChI=1S/C25H33FN2O3/c1-4-16-27-25(30)23(5-2)28(18-20-10-12-21(26)13-11-20)24(29)7-6-17-31-22-14-8-19(3)9-15-22/h8-15,23H,4-7,16-18H2,1-3H3,(H,27,30)/t23-/m1/s1. The summed E-state index contributed by atoms with van der Waals surface area (Å²) in [5.74, 6) is 0.167. The van der Waals surface area contributed by atoms with Crippen molar-refractivity contribution in [1.82, 2.24) is 10.2 Å². The maximum Gasteiger partial charge on any atom is 0.242 e. The lowest BCUT2D eigenvalue weighted by Crippen LogP contribution is -2.49. The number of hydrogen-bond acceptors (Lipinski definition) is 3. The van der Waals surface area contributed by atoms with Gasteiger partial charge >= 0.3 is 0 Å². The molecule has 2 rings (SSSR count). The lowest BCUT2D eigenvalue weighted by atomic mass is 10.1. The molecule has 0 unspecified atom stereocenters. The van der Waals surface area contributed by atoms with Crippen LogP contribution in [0, 0.1) is 12.7 Å². The summed E-state index contributed by atoms with van der Waals surface area (Å²) in [6, 6.07) is 13.2. The molecule has 1 N–H and O–H groups in total. The molecule has 0 aliphatic rings. The first kappa shape index (κ1) is 24.4. The molecule has 0 aliphatic carbocycles. The molecular formula is C25H33FN2O3. The van der Waals surface area contributed by atoms with E-state index in [4.69, 9.17) is 4.74 Å². The number of halogens is 1. The quantitative estimate of drug-likeness (QED) is 0.502. The Kier molecular flexibility index (Phi) is 10.0. The summed E-state index contributed by atoms with van der Waals surface area (Å²) in [6.45, 7) is 7.13. The van der Waals surface area contributed by atoms with Gasteiger partial charge in [0, 0.05) is 19.5 Å². The number of ether oxygens (including phenoxy) is 1. The van der Waals surface area contributed by atoms with Crippen molar-refractivity contribution in [1.29, 1.82) is 0 Å². The Labute approximate surface area is 184 Å². The molecule has 2 amide bonds. The zero-order valence-corrected chi connectivity index (χ0v) is 18.7. The van der Waals surface area contributed by atoms with Gasteiger partial charge < -0.3 is 15.0 Å². The van der Waals surface area contributed by atoms with E-state index in [1.165, 1.54) is 12.1 Å². The Morgan fingerprint density at radius 3 is 2.35 bits per heavy atom. The summed E-state index contributed by atoms with van der Waals surface area (Å²) in [5.41, 5.74) is 1.94. The van der Waals surface area contributed by atoms with Crippen LogP contribution in [0.1, 0.15) is 50.7 Å². The van der Waals surface area contributed by atoms with Crippen molar-refractivity contribution in [2.75, 3.05) is 13.2 Å². The summed E-state index contributed by atoms with van der Waals surface area (Å²) in [6.07, 6.45) is 2.14. The normalized spacial score (nSPS) is 11.6. The Balaban J connectivity index is 2.02. The Morgan fingerprint density at radius 2 is 1.74 bits per heavy atom. The van der Waals surface area contributed by atoms with E-state index in [1.54, 1.807) is 17.0 Å². The van der Waals surface area contributed by atoms with Crippen LogP contribution in [0.3, 0.4) is 0 Å². The van der Waals surface area contributed by atoms with Gasteiger partial charge in [0.25, 0.3) is 0 Å². The van der Waals surface area contributed by atoms with E-state index in [-0.39, 0.29) is 30.6 Å². The average Bonchev–Trinajstić information content (AvgIpc) is 2.77. The first-order chi connectivity index (χ1) is 14.9. The number of carbonyl (C=O) groups is 2. The van der Waals surface area contributed by atoms with Crippen molar-refractivity contribution >= 4 is 11.8 Å². The minimum atomic E-state index is -0.567. The van der Waals surface area contributed by atoms with Gasteiger partial charge in [-0.25, -0.2) is 4.39 Å². The first-order valence-electron chi connectivity index (χ1n) is 11.0. The number of nitrogens with one attached hydrogen (secondary N) is 1. The summed E-state index contributed by atoms with van der Waals surface area (Å²) < 4.78 is 19.0. The number of aryl methyl sites for hydroxylation is 1. The summed E-state index contributed by atoms with van der Waals surface area (Å²) in [4.78, 5) is 27.3. The van der Waals surface area contributed by atoms with Gasteiger partial charge in [0.2, 0.25) is 11.8 Å². The molecule has 0 bridgehead atoms. The van der Waals surface area contributed by atoms with E-state index in [0.29, 0.717) is 26.0 Å². The van der Waals surface area contributed by atoms with Crippen molar-refractivity contribution in [3.63, 3.8) is 0 Å². The molecule has 31 heavy (non-hydrogen) atoms. The van der Waals surface area contributed by atoms with Crippen LogP contribution < -0.4 is 10.1 Å². The fourth-order valence-electron chi connectivity index (χ4n) is 3.26. The molecule has 0 spiro atoms. The van der Waals surface area contributed by atoms with Crippen molar-refractivity contribution in [3.8, 4) is 5.75 Å². The maximum atomic E-state index is 13.3. The molecule has 0 aliphatic heterocycles. The van der Waals surface area contributed by atoms with Gasteiger partial charge in [0.05, 0.1) is 6.61 Å². The number of rotatable bonds is 12. The second-order valence-corrected chi connectivity index (χ2v) is 7.63. The molecule has 0 fully saturated rings. The molecule has 0 saturated carbocycles. The molecule has 0 radical (unpaired) electrons. The minimum absolute atomic E-state index is 0.115. The van der Waals surface area contributed by atoms with Crippen molar-refractivity contribution < 1.29 is 18.7 Å². The van der Waals surface area contributed by atoms with Crippen LogP contribution >= 0.6 is 0 Å². The van der Waals surface area contributed by atoms with Crippen LogP contribution in [0.2, 0.25) is 0 Å². The third kappa shape index (κ3) is 8.04. The van der Waals surface area contributed by atoms with Gasteiger partial charge in [0.1, 0.15) is 17.6 Å². The fraction of sp³-hybridized carbons (Fsp3) is 0.440. The molecule has 5 nitrogen and oxygen atoms in total. The number of amides is 2. The predicted molar refractivity (Wildman–Crippen MR) is 120 cm³/mol. The zero-order valence-electron chi connectivity index (χ0n) is 18.7. The summed E-state index contributed by atoms with van der Waals surface area (Å²) >= 11 is 0. The molecule has 0 aromatic heterocycles. The van der Waals surface area contributed by atoms with Crippen molar-refractivity contribution in [3.05, 3.63) is 65.5 Å². The molecule has 168 valence electrons. The number of carbonyl (C=O) groups excluding carboxylic acids is 2. The van der Waals surface area contributed by atoms with E-state index in [2.05, 4.69) is 5.32 Å². The van der Waals surface area contributed by atoms with Gasteiger partial charge in [-0.15, -0.1) is 0 Å². The Morgan fingerprint density at radius 1 is 1.06 bits per heavy atom. The highest BCUT2D eigenvalue weighted by atomic mass is 19.1.